The van der Waals surface area contributed by atoms with Gasteiger partial charge in [0.25, 0.3) is 0 Å². The van der Waals surface area contributed by atoms with Crippen molar-refractivity contribution in [3.05, 3.63) is 12.7 Å². The molecule has 1 saturated heterocycles. The molecule has 6 atom stereocenters. The predicted molar refractivity (Wildman–Crippen MR) is 94.4 cm³/mol. The summed E-state index contributed by atoms with van der Waals surface area (Å²) < 4.78 is 6.92. The summed E-state index contributed by atoms with van der Waals surface area (Å²) in [6, 6.07) is -0.692. The summed E-state index contributed by atoms with van der Waals surface area (Å²) in [7, 11) is 0. The van der Waals surface area contributed by atoms with Gasteiger partial charge in [-0.15, -0.1) is 0 Å². The molecular formula is C16H24N6O5. The molecule has 1 aliphatic heterocycles. The highest BCUT2D eigenvalue weighted by Gasteiger charge is 2.44. The number of anilines is 1. The van der Waals surface area contributed by atoms with Gasteiger partial charge in [0.2, 0.25) is 5.91 Å². The molecule has 1 aliphatic rings. The SMILES string of the molecule is CC[C@H](C)[C@H](N)C(=O)Nc1ncnc2c1ncn2[C@@H]1O[C@H](CO)[C@@H](O)[C@H]1O. The average Bonchev–Trinajstić information content (AvgIpc) is 3.22. The molecule has 1 fully saturated rings. The second kappa shape index (κ2) is 7.82. The lowest BCUT2D eigenvalue weighted by Crippen LogP contribution is -2.40. The van der Waals surface area contributed by atoms with E-state index < -0.39 is 37.2 Å². The maximum Gasteiger partial charge on any atom is 0.242 e. The number of carbonyl (C=O) groups excluding carboxylic acids is 1. The molecule has 11 heteroatoms. The number of nitrogens with two attached hydrogens (primary N) is 1. The second-order valence-corrected chi connectivity index (χ2v) is 6.68. The van der Waals surface area contributed by atoms with Gasteiger partial charge in [0.1, 0.15) is 24.6 Å². The zero-order chi connectivity index (χ0) is 19.7. The van der Waals surface area contributed by atoms with E-state index in [-0.39, 0.29) is 17.6 Å². The molecule has 2 aromatic rings. The van der Waals surface area contributed by atoms with E-state index in [4.69, 9.17) is 10.5 Å². The smallest absolute Gasteiger partial charge is 0.242 e. The lowest BCUT2D eigenvalue weighted by atomic mass is 9.99. The van der Waals surface area contributed by atoms with Gasteiger partial charge in [-0.3, -0.25) is 9.36 Å². The maximum absolute atomic E-state index is 12.3. The van der Waals surface area contributed by atoms with Gasteiger partial charge in [-0.25, -0.2) is 15.0 Å². The average molecular weight is 380 g/mol. The Labute approximate surface area is 155 Å². The molecule has 3 rings (SSSR count). The number of nitrogens with one attached hydrogen (secondary N) is 1. The number of rotatable bonds is 6. The van der Waals surface area contributed by atoms with Gasteiger partial charge < -0.3 is 31.1 Å². The van der Waals surface area contributed by atoms with E-state index in [1.807, 2.05) is 13.8 Å². The first-order valence-corrected chi connectivity index (χ1v) is 8.75. The molecule has 0 bridgehead atoms. The summed E-state index contributed by atoms with van der Waals surface area (Å²) in [5, 5.41) is 32.0. The largest absolute Gasteiger partial charge is 0.394 e. The Hall–Kier alpha value is -2.18. The van der Waals surface area contributed by atoms with Crippen molar-refractivity contribution in [1.29, 1.82) is 0 Å². The Kier molecular flexibility index (Phi) is 5.67. The number of aliphatic hydroxyl groups excluding tert-OH is 3. The van der Waals surface area contributed by atoms with Crippen LogP contribution in [0.2, 0.25) is 0 Å². The van der Waals surface area contributed by atoms with Crippen molar-refractivity contribution in [2.24, 2.45) is 11.7 Å². The van der Waals surface area contributed by atoms with Crippen LogP contribution in [0.3, 0.4) is 0 Å². The van der Waals surface area contributed by atoms with Gasteiger partial charge in [-0.05, 0) is 5.92 Å². The van der Waals surface area contributed by atoms with Gasteiger partial charge in [0, 0.05) is 0 Å². The van der Waals surface area contributed by atoms with Gasteiger partial charge in [0.05, 0.1) is 19.0 Å². The van der Waals surface area contributed by atoms with E-state index in [0.29, 0.717) is 11.2 Å². The molecule has 0 aliphatic carbocycles. The van der Waals surface area contributed by atoms with Crippen molar-refractivity contribution >= 4 is 22.9 Å². The topological polar surface area (TPSA) is 169 Å². The molecule has 0 spiro atoms. The fraction of sp³-hybridized carbons (Fsp3) is 0.625. The number of nitrogens with zero attached hydrogens (tertiary/aromatic N) is 4. The number of hydrogen-bond acceptors (Lipinski definition) is 9. The third-order valence-electron chi connectivity index (χ3n) is 4.95. The summed E-state index contributed by atoms with van der Waals surface area (Å²) in [4.78, 5) is 24.7. The van der Waals surface area contributed by atoms with Crippen molar-refractivity contribution in [3.63, 3.8) is 0 Å². The predicted octanol–water partition coefficient (Wildman–Crippen LogP) is -1.25. The molecule has 0 saturated carbocycles. The summed E-state index contributed by atoms with van der Waals surface area (Å²) in [6.07, 6.45) is -1.05. The van der Waals surface area contributed by atoms with Gasteiger partial charge in [-0.1, -0.05) is 20.3 Å². The molecular weight excluding hydrogens is 356 g/mol. The Balaban J connectivity index is 1.88. The molecule has 0 unspecified atom stereocenters. The van der Waals surface area contributed by atoms with E-state index >= 15 is 0 Å². The Morgan fingerprint density at radius 2 is 2.11 bits per heavy atom. The fourth-order valence-corrected chi connectivity index (χ4v) is 2.95. The molecule has 2 aromatic heterocycles. The number of imidazole rings is 1. The summed E-state index contributed by atoms with van der Waals surface area (Å²) >= 11 is 0. The Morgan fingerprint density at radius 1 is 1.37 bits per heavy atom. The second-order valence-electron chi connectivity index (χ2n) is 6.68. The molecule has 6 N–H and O–H groups in total. The van der Waals surface area contributed by atoms with Crippen molar-refractivity contribution in [2.45, 2.75) is 50.8 Å². The van der Waals surface area contributed by atoms with Crippen molar-refractivity contribution in [1.82, 2.24) is 19.5 Å². The first-order chi connectivity index (χ1) is 12.9. The number of aliphatic hydroxyl groups is 3. The van der Waals surface area contributed by atoms with E-state index in [0.717, 1.165) is 6.42 Å². The molecule has 148 valence electrons. The highest BCUT2D eigenvalue weighted by atomic mass is 16.6. The monoisotopic (exact) mass is 380 g/mol. The highest BCUT2D eigenvalue weighted by Crippen LogP contribution is 2.32. The number of fused-ring (bicyclic) bond motifs is 1. The highest BCUT2D eigenvalue weighted by molar-refractivity contribution is 5.99. The van der Waals surface area contributed by atoms with Crippen LogP contribution in [-0.2, 0) is 9.53 Å². The minimum Gasteiger partial charge on any atom is -0.394 e. The van der Waals surface area contributed by atoms with Crippen LogP contribution in [-0.4, -0.2) is 71.7 Å². The Bertz CT molecular complexity index is 814. The zero-order valence-electron chi connectivity index (χ0n) is 15.1. The molecule has 27 heavy (non-hydrogen) atoms. The molecule has 1 amide bonds. The number of aromatic nitrogens is 4. The molecule has 0 aromatic carbocycles. The van der Waals surface area contributed by atoms with E-state index in [2.05, 4.69) is 20.3 Å². The zero-order valence-corrected chi connectivity index (χ0v) is 15.1. The lowest BCUT2D eigenvalue weighted by Gasteiger charge is -2.18. The van der Waals surface area contributed by atoms with E-state index in [1.54, 1.807) is 0 Å². The minimum absolute atomic E-state index is 0.00109. The lowest BCUT2D eigenvalue weighted by molar-refractivity contribution is -0.118. The Morgan fingerprint density at radius 3 is 2.74 bits per heavy atom. The van der Waals surface area contributed by atoms with Crippen LogP contribution >= 0.6 is 0 Å². The number of carbonyl (C=O) groups is 1. The first kappa shape index (κ1) is 19.6. The first-order valence-electron chi connectivity index (χ1n) is 8.75. The van der Waals surface area contributed by atoms with Crippen LogP contribution in [0.1, 0.15) is 26.5 Å². The number of hydrogen-bond donors (Lipinski definition) is 5. The van der Waals surface area contributed by atoms with Gasteiger partial charge in [-0.2, -0.15) is 0 Å². The van der Waals surface area contributed by atoms with Crippen LogP contribution < -0.4 is 11.1 Å². The third kappa shape index (κ3) is 3.51. The quantitative estimate of drug-likeness (QED) is 0.411. The van der Waals surface area contributed by atoms with Crippen molar-refractivity contribution in [2.75, 3.05) is 11.9 Å². The summed E-state index contributed by atoms with van der Waals surface area (Å²) in [5.74, 6) is -0.195. The van der Waals surface area contributed by atoms with Crippen molar-refractivity contribution in [3.8, 4) is 0 Å². The van der Waals surface area contributed by atoms with Crippen LogP contribution in [0.4, 0.5) is 5.82 Å². The third-order valence-corrected chi connectivity index (χ3v) is 4.95. The summed E-state index contributed by atoms with van der Waals surface area (Å²) in [6.45, 7) is 3.39. The van der Waals surface area contributed by atoms with Crippen LogP contribution in [0.25, 0.3) is 11.2 Å². The molecule has 3 heterocycles. The van der Waals surface area contributed by atoms with Crippen LogP contribution in [0.5, 0.6) is 0 Å². The van der Waals surface area contributed by atoms with Crippen molar-refractivity contribution < 1.29 is 24.9 Å². The fourth-order valence-electron chi connectivity index (χ4n) is 2.95. The van der Waals surface area contributed by atoms with Crippen LogP contribution in [0.15, 0.2) is 12.7 Å². The molecule has 11 nitrogen and oxygen atoms in total. The van der Waals surface area contributed by atoms with Gasteiger partial charge in [0.15, 0.2) is 23.2 Å². The number of ether oxygens (including phenoxy) is 1. The molecule has 0 radical (unpaired) electrons. The van der Waals surface area contributed by atoms with Crippen LogP contribution in [0, 0.1) is 5.92 Å². The maximum atomic E-state index is 12.3. The summed E-state index contributed by atoms with van der Waals surface area (Å²) in [5.41, 5.74) is 6.54. The van der Waals surface area contributed by atoms with E-state index in [1.165, 1.54) is 17.2 Å². The van der Waals surface area contributed by atoms with E-state index in [9.17, 15) is 20.1 Å². The standard InChI is InChI=1S/C16H24N6O5/c1-3-7(2)9(17)15(26)21-13-10-14(19-5-18-13)22(6-20-10)16-12(25)11(24)8(4-23)27-16/h5-9,11-12,16,23-25H,3-4,17H2,1-2H3,(H,18,19,21,26)/t7-,8+,9-,11+,12+,16+/m0/s1. The minimum atomic E-state index is -1.27. The van der Waals surface area contributed by atoms with Gasteiger partial charge >= 0.3 is 0 Å². The normalized spacial score (nSPS) is 27.6. The number of amides is 1.